The van der Waals surface area contributed by atoms with Crippen LogP contribution in [0.3, 0.4) is 0 Å². The fourth-order valence-corrected chi connectivity index (χ4v) is 4.97. The number of amides is 2. The van der Waals surface area contributed by atoms with Crippen molar-refractivity contribution in [2.24, 2.45) is 0 Å². The number of carbonyl (C=O) groups excluding carboxylic acids is 1. The van der Waals surface area contributed by atoms with E-state index in [1.54, 1.807) is 16.8 Å². The highest BCUT2D eigenvalue weighted by Gasteiger charge is 2.25. The number of anilines is 1. The minimum absolute atomic E-state index is 0.144. The van der Waals surface area contributed by atoms with Gasteiger partial charge < -0.3 is 4.90 Å². The van der Waals surface area contributed by atoms with Gasteiger partial charge in [0.2, 0.25) is 0 Å². The van der Waals surface area contributed by atoms with E-state index in [4.69, 9.17) is 28.3 Å². The second-order valence-corrected chi connectivity index (χ2v) is 9.93. The summed E-state index contributed by atoms with van der Waals surface area (Å²) in [5.74, 6) is 0.515. The molecule has 32 heavy (non-hydrogen) atoms. The predicted molar refractivity (Wildman–Crippen MR) is 135 cm³/mol. The van der Waals surface area contributed by atoms with Gasteiger partial charge in [-0.3, -0.25) is 5.32 Å². The molecule has 1 N–H and O–H groups in total. The molecular weight excluding hydrogens is 511 g/mol. The Labute approximate surface area is 206 Å². The average molecular weight is 536 g/mol. The van der Waals surface area contributed by atoms with E-state index in [9.17, 15) is 4.79 Å². The van der Waals surface area contributed by atoms with E-state index in [2.05, 4.69) is 21.2 Å². The van der Waals surface area contributed by atoms with Gasteiger partial charge in [-0.25, -0.2) is 9.48 Å². The Morgan fingerprint density at radius 2 is 1.81 bits per heavy atom. The van der Waals surface area contributed by atoms with E-state index in [1.165, 1.54) is 19.3 Å². The van der Waals surface area contributed by atoms with Crippen LogP contribution in [0, 0.1) is 6.92 Å². The molecule has 1 aliphatic carbocycles. The molecule has 1 saturated carbocycles. The predicted octanol–water partition coefficient (Wildman–Crippen LogP) is 7.71. The number of benzene rings is 2. The Balaban J connectivity index is 1.73. The molecule has 2 aromatic carbocycles. The number of hydrogen-bond donors (Lipinski definition) is 1. The van der Waals surface area contributed by atoms with E-state index in [0.717, 1.165) is 34.1 Å². The van der Waals surface area contributed by atoms with Crippen molar-refractivity contribution in [1.82, 2.24) is 14.7 Å². The van der Waals surface area contributed by atoms with Gasteiger partial charge in [0, 0.05) is 33.7 Å². The number of nitrogens with zero attached hydrogens (tertiary/aromatic N) is 3. The number of aromatic nitrogens is 2. The lowest BCUT2D eigenvalue weighted by molar-refractivity contribution is 0.186. The van der Waals surface area contributed by atoms with Crippen LogP contribution >= 0.6 is 39.1 Å². The van der Waals surface area contributed by atoms with E-state index in [-0.39, 0.29) is 12.1 Å². The van der Waals surface area contributed by atoms with Crippen LogP contribution in [0.25, 0.3) is 16.9 Å². The van der Waals surface area contributed by atoms with Crippen molar-refractivity contribution in [2.75, 3.05) is 12.4 Å². The first kappa shape index (κ1) is 23.1. The zero-order valence-corrected chi connectivity index (χ0v) is 21.1. The lowest BCUT2D eigenvalue weighted by Gasteiger charge is -2.31. The molecule has 0 aliphatic heterocycles. The normalized spacial score (nSPS) is 14.4. The summed E-state index contributed by atoms with van der Waals surface area (Å²) in [4.78, 5) is 14.8. The number of carbonyl (C=O) groups is 1. The van der Waals surface area contributed by atoms with Crippen LogP contribution in [-0.4, -0.2) is 33.8 Å². The maximum atomic E-state index is 13.0. The highest BCUT2D eigenvalue weighted by atomic mass is 79.9. The molecule has 0 atom stereocenters. The van der Waals surface area contributed by atoms with Gasteiger partial charge in [0.25, 0.3) is 0 Å². The topological polar surface area (TPSA) is 50.2 Å². The van der Waals surface area contributed by atoms with E-state index < -0.39 is 0 Å². The first-order valence-corrected chi connectivity index (χ1v) is 12.2. The zero-order chi connectivity index (χ0) is 22.8. The molecule has 5 nitrogen and oxygen atoms in total. The smallest absolute Gasteiger partial charge is 0.323 e. The van der Waals surface area contributed by atoms with Crippen molar-refractivity contribution in [1.29, 1.82) is 0 Å². The van der Waals surface area contributed by atoms with Gasteiger partial charge in [0.05, 0.1) is 16.4 Å². The molecule has 0 unspecified atom stereocenters. The van der Waals surface area contributed by atoms with Crippen LogP contribution in [0.2, 0.25) is 10.0 Å². The number of rotatable bonds is 4. The van der Waals surface area contributed by atoms with Crippen LogP contribution in [0.5, 0.6) is 0 Å². The molecule has 168 valence electrons. The molecular formula is C24H25BrCl2N4O. The Morgan fingerprint density at radius 1 is 1.12 bits per heavy atom. The van der Waals surface area contributed by atoms with Gasteiger partial charge in [0.1, 0.15) is 0 Å². The highest BCUT2D eigenvalue weighted by Crippen LogP contribution is 2.35. The summed E-state index contributed by atoms with van der Waals surface area (Å²) in [6.45, 7) is 1.96. The van der Waals surface area contributed by atoms with Gasteiger partial charge >= 0.3 is 6.03 Å². The van der Waals surface area contributed by atoms with Crippen LogP contribution in [0.4, 0.5) is 10.6 Å². The van der Waals surface area contributed by atoms with Crippen molar-refractivity contribution < 1.29 is 4.79 Å². The molecule has 1 fully saturated rings. The third-order valence-electron chi connectivity index (χ3n) is 6.05. The summed E-state index contributed by atoms with van der Waals surface area (Å²) >= 11 is 16.1. The minimum Gasteiger partial charge on any atom is -0.325 e. The number of nitrogens with one attached hydrogen (secondary N) is 1. The van der Waals surface area contributed by atoms with E-state index in [1.807, 2.05) is 49.2 Å². The molecule has 0 bridgehead atoms. The van der Waals surface area contributed by atoms with Crippen molar-refractivity contribution in [3.63, 3.8) is 0 Å². The molecule has 1 heterocycles. The summed E-state index contributed by atoms with van der Waals surface area (Å²) in [6.07, 6.45) is 5.66. The number of hydrogen-bond acceptors (Lipinski definition) is 2. The maximum absolute atomic E-state index is 13.0. The number of urea groups is 1. The second-order valence-electron chi connectivity index (χ2n) is 8.17. The largest absolute Gasteiger partial charge is 0.325 e. The summed E-state index contributed by atoms with van der Waals surface area (Å²) < 4.78 is 2.75. The molecule has 2 amide bonds. The average Bonchev–Trinajstić information content (AvgIpc) is 3.10. The highest BCUT2D eigenvalue weighted by molar-refractivity contribution is 9.10. The fourth-order valence-electron chi connectivity index (χ4n) is 4.21. The van der Waals surface area contributed by atoms with Gasteiger partial charge in [-0.05, 0) is 50.1 Å². The SMILES string of the molecule is Cc1c(NC(=O)N(C)C2CCCCC2)nn(-c2ccc(Cl)cc2Cl)c1-c1ccc(Br)cc1. The van der Waals surface area contributed by atoms with Crippen LogP contribution in [-0.2, 0) is 0 Å². The second kappa shape index (κ2) is 9.86. The molecule has 1 aliphatic rings. The first-order chi connectivity index (χ1) is 15.3. The molecule has 4 rings (SSSR count). The lowest BCUT2D eigenvalue weighted by Crippen LogP contribution is -2.41. The van der Waals surface area contributed by atoms with Gasteiger partial charge in [-0.15, -0.1) is 5.10 Å². The maximum Gasteiger partial charge on any atom is 0.323 e. The molecule has 3 aromatic rings. The monoisotopic (exact) mass is 534 g/mol. The van der Waals surface area contributed by atoms with Crippen molar-refractivity contribution in [3.8, 4) is 16.9 Å². The zero-order valence-electron chi connectivity index (χ0n) is 18.0. The lowest BCUT2D eigenvalue weighted by atomic mass is 9.95. The molecule has 0 spiro atoms. The standard InChI is InChI=1S/C24H25BrCl2N4O/c1-15-22(16-8-10-17(25)11-9-16)31(21-13-12-18(26)14-20(21)27)29-23(15)28-24(32)30(2)19-6-4-3-5-7-19/h8-14,19H,3-7H2,1-2H3,(H,28,29,32). The summed E-state index contributed by atoms with van der Waals surface area (Å²) in [5, 5.41) is 8.82. The van der Waals surface area contributed by atoms with Crippen LogP contribution in [0.1, 0.15) is 37.7 Å². The number of halogens is 3. The molecule has 8 heteroatoms. The van der Waals surface area contributed by atoms with E-state index >= 15 is 0 Å². The van der Waals surface area contributed by atoms with E-state index in [0.29, 0.717) is 21.6 Å². The van der Waals surface area contributed by atoms with Crippen molar-refractivity contribution in [3.05, 3.63) is 62.5 Å². The Hall–Kier alpha value is -2.02. The van der Waals surface area contributed by atoms with Gasteiger partial charge in [0.15, 0.2) is 5.82 Å². The summed E-state index contributed by atoms with van der Waals surface area (Å²) in [5.41, 5.74) is 3.38. The van der Waals surface area contributed by atoms with Crippen LogP contribution < -0.4 is 5.32 Å². The quantitative estimate of drug-likeness (QED) is 0.372. The third-order valence-corrected chi connectivity index (χ3v) is 7.11. The van der Waals surface area contributed by atoms with Gasteiger partial charge in [-0.1, -0.05) is 70.5 Å². The molecule has 0 radical (unpaired) electrons. The van der Waals surface area contributed by atoms with Gasteiger partial charge in [-0.2, -0.15) is 0 Å². The molecule has 0 saturated heterocycles. The first-order valence-electron chi connectivity index (χ1n) is 10.7. The Kier molecular flexibility index (Phi) is 7.13. The van der Waals surface area contributed by atoms with Crippen molar-refractivity contribution >= 4 is 51.0 Å². The Bertz CT molecular complexity index is 1120. The third kappa shape index (κ3) is 4.82. The fraction of sp³-hybridized carbons (Fsp3) is 0.333. The van der Waals surface area contributed by atoms with Crippen molar-refractivity contribution in [2.45, 2.75) is 45.1 Å². The summed E-state index contributed by atoms with van der Waals surface area (Å²) in [7, 11) is 1.86. The Morgan fingerprint density at radius 3 is 2.47 bits per heavy atom. The van der Waals surface area contributed by atoms with Crippen LogP contribution in [0.15, 0.2) is 46.9 Å². The summed E-state index contributed by atoms with van der Waals surface area (Å²) in [6, 6.07) is 13.4. The minimum atomic E-state index is -0.144. The molecule has 1 aromatic heterocycles.